The van der Waals surface area contributed by atoms with Gasteiger partial charge in [0.15, 0.2) is 0 Å². The van der Waals surface area contributed by atoms with Gasteiger partial charge in [0.2, 0.25) is 0 Å². The lowest BCUT2D eigenvalue weighted by Gasteiger charge is -2.28. The van der Waals surface area contributed by atoms with E-state index >= 15 is 0 Å². The van der Waals surface area contributed by atoms with E-state index in [2.05, 4.69) is 0 Å². The first-order valence-electron chi connectivity index (χ1n) is 14.2. The number of nitrogens with zero attached hydrogens (tertiary/aromatic N) is 3. The summed E-state index contributed by atoms with van der Waals surface area (Å²) in [5, 5.41) is 4.93. The van der Waals surface area contributed by atoms with E-state index in [0.717, 1.165) is 36.1 Å². The number of ether oxygens (including phenoxy) is 3. The molecule has 0 bridgehead atoms. The van der Waals surface area contributed by atoms with Crippen molar-refractivity contribution in [1.29, 1.82) is 0 Å². The predicted molar refractivity (Wildman–Crippen MR) is 157 cm³/mol. The Kier molecular flexibility index (Phi) is 10.8. The van der Waals surface area contributed by atoms with Crippen molar-refractivity contribution in [3.63, 3.8) is 0 Å². The van der Waals surface area contributed by atoms with Crippen LogP contribution in [0.4, 0.5) is 4.79 Å². The second-order valence-corrected chi connectivity index (χ2v) is 10.5. The topological polar surface area (TPSA) is 82.9 Å². The van der Waals surface area contributed by atoms with Crippen LogP contribution >= 0.6 is 0 Å². The van der Waals surface area contributed by atoms with Gasteiger partial charge in [-0.1, -0.05) is 32.0 Å². The van der Waals surface area contributed by atoms with Gasteiger partial charge in [0.25, 0.3) is 0 Å². The smallest absolute Gasteiger partial charge is 0.410 e. The summed E-state index contributed by atoms with van der Waals surface area (Å²) in [4.78, 5) is 27.7. The first-order chi connectivity index (χ1) is 19.2. The Morgan fingerprint density at radius 1 is 0.975 bits per heavy atom. The van der Waals surface area contributed by atoms with Gasteiger partial charge in [0.05, 0.1) is 18.3 Å². The summed E-state index contributed by atoms with van der Waals surface area (Å²) in [6.45, 7) is 14.5. The number of carbonyl (C=O) groups excluding carboxylic acids is 2. The molecule has 1 fully saturated rings. The largest absolute Gasteiger partial charge is 0.461 e. The van der Waals surface area contributed by atoms with Crippen LogP contribution in [0.2, 0.25) is 0 Å². The molecule has 4 rings (SSSR count). The van der Waals surface area contributed by atoms with Crippen molar-refractivity contribution in [3.05, 3.63) is 65.9 Å². The zero-order valence-electron chi connectivity index (χ0n) is 24.9. The lowest BCUT2D eigenvalue weighted by Crippen LogP contribution is -2.40. The Bertz CT molecular complexity index is 1250. The van der Waals surface area contributed by atoms with E-state index in [0.29, 0.717) is 30.2 Å². The molecule has 1 aliphatic heterocycles. The van der Waals surface area contributed by atoms with Crippen LogP contribution in [0.15, 0.2) is 54.6 Å². The van der Waals surface area contributed by atoms with Gasteiger partial charge >= 0.3 is 12.1 Å². The van der Waals surface area contributed by atoms with Crippen LogP contribution in [-0.4, -0.2) is 52.0 Å². The Hall–Kier alpha value is -3.81. The van der Waals surface area contributed by atoms with Crippen LogP contribution in [-0.2, 0) is 9.47 Å². The first kappa shape index (κ1) is 30.7. The van der Waals surface area contributed by atoms with E-state index in [4.69, 9.17) is 19.3 Å². The standard InChI is InChI=1S/C30H37N3O5.C2H6/c1-6-36-28(34)27-21(2)26(22-15-17-25(18-16-22)37-24-13-8-7-9-14-24)31-33(27)23-12-10-11-19-32(20-23)29(35)38-30(3,4)5;1-2/h7-9,13-18,23H,6,10-12,19-20H2,1-5H3;1-2H3. The Morgan fingerprint density at radius 2 is 1.62 bits per heavy atom. The minimum absolute atomic E-state index is 0.183. The maximum atomic E-state index is 13.1. The van der Waals surface area contributed by atoms with E-state index in [-0.39, 0.29) is 18.7 Å². The number of hydrogen-bond acceptors (Lipinski definition) is 6. The molecule has 8 heteroatoms. The molecule has 0 saturated carbocycles. The summed E-state index contributed by atoms with van der Waals surface area (Å²) < 4.78 is 18.8. The van der Waals surface area contributed by atoms with Crippen molar-refractivity contribution in [2.45, 2.75) is 79.4 Å². The molecule has 216 valence electrons. The number of benzene rings is 2. The zero-order valence-corrected chi connectivity index (χ0v) is 24.9. The third-order valence-electron chi connectivity index (χ3n) is 6.37. The van der Waals surface area contributed by atoms with Gasteiger partial charge in [-0.2, -0.15) is 5.10 Å². The van der Waals surface area contributed by atoms with Gasteiger partial charge in [-0.15, -0.1) is 0 Å². The molecule has 1 aromatic heterocycles. The van der Waals surface area contributed by atoms with Gasteiger partial charge in [0, 0.05) is 24.2 Å². The monoisotopic (exact) mass is 549 g/mol. The van der Waals surface area contributed by atoms with Crippen molar-refractivity contribution < 1.29 is 23.8 Å². The molecule has 2 aromatic carbocycles. The minimum Gasteiger partial charge on any atom is -0.461 e. The van der Waals surface area contributed by atoms with E-state index in [1.807, 2.05) is 96.1 Å². The number of esters is 1. The van der Waals surface area contributed by atoms with Crippen molar-refractivity contribution in [2.75, 3.05) is 19.7 Å². The van der Waals surface area contributed by atoms with E-state index in [1.165, 1.54) is 0 Å². The fraction of sp³-hybridized carbons (Fsp3) is 0.469. The highest BCUT2D eigenvalue weighted by molar-refractivity contribution is 5.91. The lowest BCUT2D eigenvalue weighted by atomic mass is 10.1. The summed E-state index contributed by atoms with van der Waals surface area (Å²) in [6.07, 6.45) is 2.21. The van der Waals surface area contributed by atoms with Crippen LogP contribution in [0.25, 0.3) is 11.3 Å². The van der Waals surface area contributed by atoms with E-state index in [9.17, 15) is 9.59 Å². The SMILES string of the molecule is CC.CCOC(=O)c1c(C)c(-c2ccc(Oc3ccccc3)cc2)nn1C1CCCCN(C(=O)OC(C)(C)C)C1. The summed E-state index contributed by atoms with van der Waals surface area (Å²) in [5.41, 5.74) is 2.15. The molecule has 3 aromatic rings. The van der Waals surface area contributed by atoms with Crippen molar-refractivity contribution >= 4 is 12.1 Å². The molecule has 40 heavy (non-hydrogen) atoms. The number of likely N-dealkylation sites (tertiary alicyclic amines) is 1. The number of aromatic nitrogens is 2. The Balaban J connectivity index is 0.00000216. The molecule has 1 saturated heterocycles. The van der Waals surface area contributed by atoms with Gasteiger partial charge in [-0.25, -0.2) is 9.59 Å². The van der Waals surface area contributed by atoms with Crippen molar-refractivity contribution in [1.82, 2.24) is 14.7 Å². The molecule has 1 unspecified atom stereocenters. The molecule has 0 N–H and O–H groups in total. The van der Waals surface area contributed by atoms with Crippen molar-refractivity contribution in [2.24, 2.45) is 0 Å². The molecule has 1 aliphatic rings. The Labute approximate surface area is 238 Å². The van der Waals surface area contributed by atoms with Gasteiger partial charge in [-0.05, 0) is 90.3 Å². The van der Waals surface area contributed by atoms with E-state index in [1.54, 1.807) is 16.5 Å². The molecule has 1 amide bonds. The molecule has 0 spiro atoms. The maximum absolute atomic E-state index is 13.1. The van der Waals surface area contributed by atoms with Gasteiger partial charge < -0.3 is 19.1 Å². The summed E-state index contributed by atoms with van der Waals surface area (Å²) in [6, 6.07) is 17.1. The van der Waals surface area contributed by atoms with Crippen LogP contribution in [0, 0.1) is 6.92 Å². The average molecular weight is 550 g/mol. The number of para-hydroxylation sites is 1. The molecular weight excluding hydrogens is 506 g/mol. The van der Waals surface area contributed by atoms with Crippen LogP contribution in [0.1, 0.15) is 82.9 Å². The molecule has 0 radical (unpaired) electrons. The van der Waals surface area contributed by atoms with Crippen LogP contribution < -0.4 is 4.74 Å². The summed E-state index contributed by atoms with van der Waals surface area (Å²) >= 11 is 0. The van der Waals surface area contributed by atoms with Gasteiger partial charge in [0.1, 0.15) is 22.8 Å². The van der Waals surface area contributed by atoms with Crippen molar-refractivity contribution in [3.8, 4) is 22.8 Å². The highest BCUT2D eigenvalue weighted by Gasteiger charge is 2.32. The third-order valence-corrected chi connectivity index (χ3v) is 6.37. The fourth-order valence-corrected chi connectivity index (χ4v) is 4.62. The van der Waals surface area contributed by atoms with E-state index < -0.39 is 11.6 Å². The zero-order chi connectivity index (χ0) is 29.3. The quantitative estimate of drug-likeness (QED) is 0.292. The number of hydrogen-bond donors (Lipinski definition) is 0. The fourth-order valence-electron chi connectivity index (χ4n) is 4.62. The number of rotatable bonds is 6. The lowest BCUT2D eigenvalue weighted by molar-refractivity contribution is 0.0234. The van der Waals surface area contributed by atoms with Crippen LogP contribution in [0.3, 0.4) is 0 Å². The average Bonchev–Trinajstić information content (AvgIpc) is 3.09. The highest BCUT2D eigenvalue weighted by atomic mass is 16.6. The Morgan fingerprint density at radius 3 is 2.25 bits per heavy atom. The predicted octanol–water partition coefficient (Wildman–Crippen LogP) is 7.82. The second-order valence-electron chi connectivity index (χ2n) is 10.5. The molecule has 8 nitrogen and oxygen atoms in total. The number of carbonyl (C=O) groups is 2. The molecular formula is C32H43N3O5. The summed E-state index contributed by atoms with van der Waals surface area (Å²) in [5.74, 6) is 1.05. The first-order valence-corrected chi connectivity index (χ1v) is 14.2. The van der Waals surface area contributed by atoms with Gasteiger partial charge in [-0.3, -0.25) is 4.68 Å². The minimum atomic E-state index is -0.583. The molecule has 2 heterocycles. The summed E-state index contributed by atoms with van der Waals surface area (Å²) in [7, 11) is 0. The highest BCUT2D eigenvalue weighted by Crippen LogP contribution is 2.32. The second kappa shape index (κ2) is 14.0. The van der Waals surface area contributed by atoms with Crippen LogP contribution in [0.5, 0.6) is 11.5 Å². The molecule has 1 atom stereocenters. The third kappa shape index (κ3) is 7.87. The normalized spacial score (nSPS) is 15.4. The number of amides is 1. The molecule has 0 aliphatic carbocycles. The maximum Gasteiger partial charge on any atom is 0.410 e.